The highest BCUT2D eigenvalue weighted by atomic mass is 32.2. The van der Waals surface area contributed by atoms with Crippen molar-refractivity contribution in [1.29, 1.82) is 0 Å². The lowest BCUT2D eigenvalue weighted by atomic mass is 10.1. The Kier molecular flexibility index (Phi) is 7.52. The Morgan fingerprint density at radius 2 is 2.05 bits per heavy atom. The molecule has 5 heteroatoms. The van der Waals surface area contributed by atoms with Crippen LogP contribution in [0.4, 0.5) is 0 Å². The summed E-state index contributed by atoms with van der Waals surface area (Å²) in [4.78, 5) is 11.8. The summed E-state index contributed by atoms with van der Waals surface area (Å²) in [5.74, 6) is -0.352. The van der Waals surface area contributed by atoms with Crippen molar-refractivity contribution < 1.29 is 14.3 Å². The maximum atomic E-state index is 11.8. The van der Waals surface area contributed by atoms with Crippen LogP contribution in [0.5, 0.6) is 0 Å². The Morgan fingerprint density at radius 3 is 2.63 bits per heavy atom. The number of thiocarbonyl (C=S) groups is 1. The van der Waals surface area contributed by atoms with E-state index >= 15 is 0 Å². The first-order valence-corrected chi connectivity index (χ1v) is 7.75. The largest absolute Gasteiger partial charge is 0.463 e. The summed E-state index contributed by atoms with van der Waals surface area (Å²) in [5, 5.41) is 0. The average Bonchev–Trinajstić information content (AvgIpc) is 2.44. The second-order valence-corrected chi connectivity index (χ2v) is 5.25. The van der Waals surface area contributed by atoms with Crippen LogP contribution in [-0.2, 0) is 20.7 Å². The highest BCUT2D eigenvalue weighted by Gasteiger charge is 2.22. The molecule has 19 heavy (non-hydrogen) atoms. The van der Waals surface area contributed by atoms with E-state index in [0.717, 1.165) is 12.0 Å². The van der Waals surface area contributed by atoms with Gasteiger partial charge in [0.2, 0.25) is 4.38 Å². The smallest absolute Gasteiger partial charge is 0.347 e. The summed E-state index contributed by atoms with van der Waals surface area (Å²) >= 11 is 6.31. The molecule has 0 amide bonds. The van der Waals surface area contributed by atoms with E-state index in [1.807, 2.05) is 36.6 Å². The molecule has 0 saturated heterocycles. The minimum Gasteiger partial charge on any atom is -0.463 e. The number of ether oxygens (including phenoxy) is 2. The number of esters is 1. The fourth-order valence-electron chi connectivity index (χ4n) is 1.57. The number of hydrogen-bond acceptors (Lipinski definition) is 5. The van der Waals surface area contributed by atoms with Gasteiger partial charge in [0.25, 0.3) is 0 Å². The molecule has 0 aliphatic heterocycles. The van der Waals surface area contributed by atoms with E-state index < -0.39 is 6.10 Å². The number of benzene rings is 1. The lowest BCUT2D eigenvalue weighted by Gasteiger charge is -2.17. The molecule has 0 aliphatic carbocycles. The Hall–Kier alpha value is -1.07. The summed E-state index contributed by atoms with van der Waals surface area (Å²) in [7, 11) is 0. The van der Waals surface area contributed by atoms with Crippen LogP contribution < -0.4 is 0 Å². The number of rotatable bonds is 6. The fraction of sp³-hybridized carbons (Fsp3) is 0.429. The zero-order chi connectivity index (χ0) is 14.1. The van der Waals surface area contributed by atoms with Gasteiger partial charge in [-0.05, 0) is 43.8 Å². The van der Waals surface area contributed by atoms with Gasteiger partial charge in [0.15, 0.2) is 6.10 Å². The number of carbonyl (C=O) groups is 1. The van der Waals surface area contributed by atoms with Crippen molar-refractivity contribution in [1.82, 2.24) is 0 Å². The predicted molar refractivity (Wildman–Crippen MR) is 82.4 cm³/mol. The first kappa shape index (κ1) is 16.0. The molecule has 0 fully saturated rings. The van der Waals surface area contributed by atoms with Gasteiger partial charge < -0.3 is 9.47 Å². The zero-order valence-electron chi connectivity index (χ0n) is 11.1. The monoisotopic (exact) mass is 298 g/mol. The molecule has 0 N–H and O–H groups in total. The normalized spacial score (nSPS) is 11.7. The highest BCUT2D eigenvalue weighted by molar-refractivity contribution is 8.22. The number of thioether (sulfide) groups is 1. The minimum atomic E-state index is -0.625. The standard InChI is InChI=1S/C14H18O3S2/c1-3-16-13(15)12(17-14(18)19-2)10-9-11-7-5-4-6-8-11/h4-8,12H,3,9-10H2,1-2H3. The van der Waals surface area contributed by atoms with Gasteiger partial charge in [0, 0.05) is 0 Å². The Labute approximate surface area is 123 Å². The molecule has 104 valence electrons. The quantitative estimate of drug-likeness (QED) is 0.595. The third kappa shape index (κ3) is 6.07. The van der Waals surface area contributed by atoms with Crippen molar-refractivity contribution in [3.63, 3.8) is 0 Å². The van der Waals surface area contributed by atoms with Gasteiger partial charge >= 0.3 is 5.97 Å². The van der Waals surface area contributed by atoms with E-state index in [0.29, 0.717) is 17.4 Å². The van der Waals surface area contributed by atoms with E-state index in [-0.39, 0.29) is 5.97 Å². The topological polar surface area (TPSA) is 35.5 Å². The van der Waals surface area contributed by atoms with Gasteiger partial charge in [-0.1, -0.05) is 42.1 Å². The lowest BCUT2D eigenvalue weighted by molar-refractivity contribution is -0.152. The summed E-state index contributed by atoms with van der Waals surface area (Å²) in [6, 6.07) is 9.96. The lowest BCUT2D eigenvalue weighted by Crippen LogP contribution is -2.28. The fourth-order valence-corrected chi connectivity index (χ4v) is 1.90. The highest BCUT2D eigenvalue weighted by Crippen LogP contribution is 2.12. The zero-order valence-corrected chi connectivity index (χ0v) is 12.8. The van der Waals surface area contributed by atoms with E-state index in [4.69, 9.17) is 21.7 Å². The van der Waals surface area contributed by atoms with Crippen LogP contribution in [0.25, 0.3) is 0 Å². The Balaban J connectivity index is 2.58. The van der Waals surface area contributed by atoms with E-state index in [2.05, 4.69) is 0 Å². The molecule has 0 radical (unpaired) electrons. The molecule has 1 atom stereocenters. The first-order chi connectivity index (χ1) is 9.17. The van der Waals surface area contributed by atoms with Crippen molar-refractivity contribution in [3.05, 3.63) is 35.9 Å². The van der Waals surface area contributed by atoms with Crippen LogP contribution in [0.2, 0.25) is 0 Å². The van der Waals surface area contributed by atoms with Gasteiger partial charge in [-0.3, -0.25) is 0 Å². The maximum absolute atomic E-state index is 11.8. The van der Waals surface area contributed by atoms with Gasteiger partial charge in [-0.2, -0.15) is 0 Å². The molecular weight excluding hydrogens is 280 g/mol. The van der Waals surface area contributed by atoms with Gasteiger partial charge in [0.1, 0.15) is 0 Å². The van der Waals surface area contributed by atoms with Crippen molar-refractivity contribution >= 4 is 34.3 Å². The number of aryl methyl sites for hydroxylation is 1. The molecule has 1 unspecified atom stereocenters. The molecular formula is C14H18O3S2. The molecule has 0 heterocycles. The third-order valence-electron chi connectivity index (χ3n) is 2.49. The van der Waals surface area contributed by atoms with E-state index in [1.165, 1.54) is 11.8 Å². The molecule has 0 spiro atoms. The molecule has 0 bridgehead atoms. The van der Waals surface area contributed by atoms with Crippen LogP contribution >= 0.6 is 24.0 Å². The number of carbonyl (C=O) groups excluding carboxylic acids is 1. The molecule has 0 aliphatic rings. The Morgan fingerprint density at radius 1 is 1.37 bits per heavy atom. The van der Waals surface area contributed by atoms with Crippen molar-refractivity contribution in [3.8, 4) is 0 Å². The second kappa shape index (κ2) is 8.93. The Bertz CT molecular complexity index is 406. The van der Waals surface area contributed by atoms with Crippen molar-refractivity contribution in [2.24, 2.45) is 0 Å². The van der Waals surface area contributed by atoms with Gasteiger partial charge in [-0.15, -0.1) is 0 Å². The van der Waals surface area contributed by atoms with Crippen LogP contribution in [0.15, 0.2) is 30.3 Å². The third-order valence-corrected chi connectivity index (χ3v) is 3.52. The van der Waals surface area contributed by atoms with Crippen molar-refractivity contribution in [2.45, 2.75) is 25.9 Å². The molecule has 0 aromatic heterocycles. The van der Waals surface area contributed by atoms with E-state index in [1.54, 1.807) is 6.92 Å². The van der Waals surface area contributed by atoms with Crippen LogP contribution in [-0.4, -0.2) is 29.3 Å². The molecule has 1 aromatic carbocycles. The first-order valence-electron chi connectivity index (χ1n) is 6.12. The van der Waals surface area contributed by atoms with Crippen LogP contribution in [0.3, 0.4) is 0 Å². The maximum Gasteiger partial charge on any atom is 0.347 e. The van der Waals surface area contributed by atoms with Crippen LogP contribution in [0.1, 0.15) is 18.9 Å². The summed E-state index contributed by atoms with van der Waals surface area (Å²) in [6.45, 7) is 2.12. The average molecular weight is 298 g/mol. The molecule has 1 rings (SSSR count). The minimum absolute atomic E-state index is 0.343. The summed E-state index contributed by atoms with van der Waals surface area (Å²) in [5.41, 5.74) is 1.16. The van der Waals surface area contributed by atoms with E-state index in [9.17, 15) is 4.79 Å². The summed E-state index contributed by atoms with van der Waals surface area (Å²) < 4.78 is 10.8. The molecule has 1 aromatic rings. The SMILES string of the molecule is CCOC(=O)C(CCc1ccccc1)OC(=S)SC. The van der Waals surface area contributed by atoms with Crippen LogP contribution in [0, 0.1) is 0 Å². The second-order valence-electron chi connectivity index (χ2n) is 3.84. The molecule has 3 nitrogen and oxygen atoms in total. The molecule has 0 saturated carbocycles. The van der Waals surface area contributed by atoms with Gasteiger partial charge in [-0.25, -0.2) is 4.79 Å². The number of hydrogen-bond donors (Lipinski definition) is 0. The van der Waals surface area contributed by atoms with Crippen molar-refractivity contribution in [2.75, 3.05) is 12.9 Å². The summed E-state index contributed by atoms with van der Waals surface area (Å²) in [6.07, 6.45) is 2.51. The predicted octanol–water partition coefficient (Wildman–Crippen LogP) is 3.22. The van der Waals surface area contributed by atoms with Gasteiger partial charge in [0.05, 0.1) is 6.61 Å².